The van der Waals surface area contributed by atoms with Gasteiger partial charge in [-0.15, -0.1) is 9.45 Å². The van der Waals surface area contributed by atoms with E-state index >= 15 is 0 Å². The number of nitrogens with zero attached hydrogens (tertiary/aromatic N) is 4. The predicted molar refractivity (Wildman–Crippen MR) is 201 cm³/mol. The number of carbonyl (C=O) groups is 1. The van der Waals surface area contributed by atoms with Crippen molar-refractivity contribution in [2.75, 3.05) is 37.0 Å². The molecule has 2 unspecified atom stereocenters. The highest BCUT2D eigenvalue weighted by Gasteiger charge is 2.28. The number of ether oxygens (including phenoxy) is 3. The van der Waals surface area contributed by atoms with E-state index in [1.807, 2.05) is 6.92 Å². The summed E-state index contributed by atoms with van der Waals surface area (Å²) in [4.78, 5) is 24.2. The average Bonchev–Trinajstić information content (AvgIpc) is 3.47. The highest BCUT2D eigenvalue weighted by molar-refractivity contribution is 8.28. The van der Waals surface area contributed by atoms with Gasteiger partial charge in [-0.2, -0.15) is 0 Å². The summed E-state index contributed by atoms with van der Waals surface area (Å²) in [7, 11) is -4.09. The number of carbonyl (C=O) groups excluding carboxylic acids is 1. The summed E-state index contributed by atoms with van der Waals surface area (Å²) < 4.78 is 42.3. The number of rotatable bonds is 30. The van der Waals surface area contributed by atoms with Crippen LogP contribution in [0.5, 0.6) is 0 Å². The molecular formula is C34H62N5O7PS2. The lowest BCUT2D eigenvalue weighted by Gasteiger charge is -2.21. The zero-order valence-corrected chi connectivity index (χ0v) is 32.9. The predicted octanol–water partition coefficient (Wildman–Crippen LogP) is 8.86. The number of nitrogen functional groups attached to an aromatic ring is 1. The third-order valence-electron chi connectivity index (χ3n) is 7.98. The van der Waals surface area contributed by atoms with Crippen molar-refractivity contribution in [3.63, 3.8) is 0 Å². The molecule has 2 aromatic rings. The Labute approximate surface area is 301 Å². The molecule has 0 fully saturated rings. The van der Waals surface area contributed by atoms with Crippen LogP contribution in [0.4, 0.5) is 10.6 Å². The average molecular weight is 748 g/mol. The molecule has 49 heavy (non-hydrogen) atoms. The van der Waals surface area contributed by atoms with Crippen molar-refractivity contribution in [1.82, 2.24) is 19.5 Å². The van der Waals surface area contributed by atoms with Gasteiger partial charge in [0.15, 0.2) is 11.5 Å². The summed E-state index contributed by atoms with van der Waals surface area (Å²) in [6.45, 7) is 7.39. The Morgan fingerprint density at radius 2 is 1.47 bits per heavy atom. The maximum absolute atomic E-state index is 13.6. The maximum Gasteiger partial charge on any atom is 0.510 e. The van der Waals surface area contributed by atoms with E-state index in [2.05, 4.69) is 21.9 Å². The van der Waals surface area contributed by atoms with E-state index in [-0.39, 0.29) is 34.3 Å². The number of imidazole rings is 1. The second-order valence-corrected chi connectivity index (χ2v) is 17.9. The number of hydrogen-bond donors (Lipinski definition) is 1. The summed E-state index contributed by atoms with van der Waals surface area (Å²) in [5, 5.41) is 0. The number of anilines is 1. The number of nitrogens with two attached hydrogens (primary N) is 1. The van der Waals surface area contributed by atoms with Crippen LogP contribution in [0.1, 0.15) is 130 Å². The van der Waals surface area contributed by atoms with Crippen LogP contribution in [0.3, 0.4) is 0 Å². The van der Waals surface area contributed by atoms with Gasteiger partial charge >= 0.3 is 13.8 Å². The van der Waals surface area contributed by atoms with Crippen molar-refractivity contribution in [3.8, 4) is 0 Å². The number of fused-ring (bicyclic) bond motifs is 1. The number of hydrogen-bond acceptors (Lipinski definition) is 12. The van der Waals surface area contributed by atoms with Crippen molar-refractivity contribution in [3.05, 3.63) is 12.7 Å². The lowest BCUT2D eigenvalue weighted by Crippen LogP contribution is -2.20. The van der Waals surface area contributed by atoms with E-state index in [1.165, 1.54) is 103 Å². The highest BCUT2D eigenvalue weighted by Crippen LogP contribution is 2.48. The van der Waals surface area contributed by atoms with Gasteiger partial charge in [-0.25, -0.2) is 19.7 Å². The van der Waals surface area contributed by atoms with E-state index in [0.717, 1.165) is 12.2 Å². The molecule has 2 aromatic heterocycles. The van der Waals surface area contributed by atoms with Gasteiger partial charge in [-0.05, 0) is 32.9 Å². The normalized spacial score (nSPS) is 14.2. The van der Waals surface area contributed by atoms with Crippen LogP contribution in [0.25, 0.3) is 11.2 Å². The molecule has 0 bridgehead atoms. The van der Waals surface area contributed by atoms with Crippen LogP contribution in [0.15, 0.2) is 12.7 Å². The van der Waals surface area contributed by atoms with Crippen molar-refractivity contribution >= 4 is 51.4 Å². The van der Waals surface area contributed by atoms with Crippen LogP contribution < -0.4 is 5.73 Å². The maximum atomic E-state index is 13.6. The lowest BCUT2D eigenvalue weighted by atomic mass is 10.0. The van der Waals surface area contributed by atoms with Gasteiger partial charge in [0.05, 0.1) is 31.7 Å². The van der Waals surface area contributed by atoms with Crippen molar-refractivity contribution < 1.29 is 32.6 Å². The van der Waals surface area contributed by atoms with Crippen LogP contribution >= 0.6 is 7.60 Å². The molecule has 0 saturated carbocycles. The first-order valence-electron chi connectivity index (χ1n) is 18.2. The standard InChI is InChI=1S/C34H62N5O7PS2/c1-5-6-7-8-9-10-11-12-13-14-15-16-17-18-19-20-22-49(48)23-21-44-47(41,45-27-42-34(40)46-29(2)3)28-43-30(4)24-39-26-38-31-32(35)36-25-37-33(31)39/h25-26,29-30H,5-24,27-28H2,1-4H3,(H2,35,36,37)/t30-,47?,49?/m1/s1. The molecule has 3 atom stereocenters. The Morgan fingerprint density at radius 1 is 0.878 bits per heavy atom. The molecule has 0 aliphatic carbocycles. The van der Waals surface area contributed by atoms with Gasteiger partial charge in [0.25, 0.3) is 0 Å². The molecule has 0 aliphatic heterocycles. The second-order valence-electron chi connectivity index (χ2n) is 12.8. The largest absolute Gasteiger partial charge is 0.510 e. The summed E-state index contributed by atoms with van der Waals surface area (Å²) in [5.74, 6) is 1.80. The van der Waals surface area contributed by atoms with E-state index in [4.69, 9.17) is 40.2 Å². The Hall–Kier alpha value is -1.70. The molecule has 15 heteroatoms. The number of unbranched alkanes of at least 4 members (excludes halogenated alkanes) is 15. The van der Waals surface area contributed by atoms with Crippen LogP contribution in [0, 0.1) is 0 Å². The van der Waals surface area contributed by atoms with Crippen LogP contribution in [-0.4, -0.2) is 69.1 Å². The third kappa shape index (κ3) is 20.1. The van der Waals surface area contributed by atoms with Gasteiger partial charge in [-0.1, -0.05) is 114 Å². The van der Waals surface area contributed by atoms with E-state index in [0.29, 0.717) is 23.5 Å². The summed E-state index contributed by atoms with van der Waals surface area (Å²) >= 11 is 5.68. The first-order valence-corrected chi connectivity index (χ1v) is 22.4. The van der Waals surface area contributed by atoms with E-state index in [9.17, 15) is 9.36 Å². The minimum absolute atomic E-state index is 0.152. The Morgan fingerprint density at radius 3 is 2.06 bits per heavy atom. The van der Waals surface area contributed by atoms with Gasteiger partial charge in [0.2, 0.25) is 6.79 Å². The molecule has 12 nitrogen and oxygen atoms in total. The summed E-state index contributed by atoms with van der Waals surface area (Å²) in [5.41, 5.74) is 6.95. The van der Waals surface area contributed by atoms with E-state index in [1.54, 1.807) is 24.7 Å². The first-order chi connectivity index (χ1) is 23.6. The number of aromatic nitrogens is 4. The minimum Gasteiger partial charge on any atom is -0.432 e. The summed E-state index contributed by atoms with van der Waals surface area (Å²) in [6, 6.07) is 0. The Kier molecular flexibility index (Phi) is 23.2. The molecule has 282 valence electrons. The minimum atomic E-state index is -3.80. The summed E-state index contributed by atoms with van der Waals surface area (Å²) in [6.07, 6.45) is 22.3. The van der Waals surface area contributed by atoms with Crippen molar-refractivity contribution in [1.29, 1.82) is 0 Å². The lowest BCUT2D eigenvalue weighted by molar-refractivity contribution is -0.0177. The second kappa shape index (κ2) is 26.1. The molecule has 2 rings (SSSR count). The zero-order chi connectivity index (χ0) is 35.7. The molecule has 0 saturated heterocycles. The molecule has 2 N–H and O–H groups in total. The topological polar surface area (TPSA) is 150 Å². The zero-order valence-electron chi connectivity index (χ0n) is 30.4. The Balaban J connectivity index is 1.64. The monoisotopic (exact) mass is 747 g/mol. The molecule has 0 aromatic carbocycles. The molecular weight excluding hydrogens is 686 g/mol. The molecule has 0 amide bonds. The van der Waals surface area contributed by atoms with Gasteiger partial charge in [-0.3, -0.25) is 9.09 Å². The third-order valence-corrected chi connectivity index (χ3v) is 11.9. The quantitative estimate of drug-likeness (QED) is 0.0352. The van der Waals surface area contributed by atoms with Gasteiger partial charge < -0.3 is 29.0 Å². The van der Waals surface area contributed by atoms with Gasteiger partial charge in [0.1, 0.15) is 18.2 Å². The first kappa shape index (κ1) is 43.5. The smallest absolute Gasteiger partial charge is 0.432 e. The van der Waals surface area contributed by atoms with Crippen LogP contribution in [-0.2, 0) is 55.0 Å². The highest BCUT2D eigenvalue weighted by atomic mass is 32.8. The van der Waals surface area contributed by atoms with E-state index < -0.39 is 26.6 Å². The van der Waals surface area contributed by atoms with Gasteiger partial charge in [0, 0.05) is 5.75 Å². The fraction of sp³-hybridized carbons (Fsp3) is 0.824. The SMILES string of the molecule is CCCCCCCCCCCCCCCCCCS(=S)CCOP(=O)(CO[C@H](C)Cn1cnc2c(N)ncnc21)OCOC(=O)OC(C)C. The van der Waals surface area contributed by atoms with Crippen molar-refractivity contribution in [2.24, 2.45) is 0 Å². The molecule has 0 aliphatic rings. The van der Waals surface area contributed by atoms with Crippen molar-refractivity contribution in [2.45, 2.75) is 149 Å². The molecule has 0 radical (unpaired) electrons. The molecule has 0 spiro atoms. The fourth-order valence-corrected chi connectivity index (χ4v) is 8.18. The fourth-order valence-electron chi connectivity index (χ4n) is 5.26. The Bertz CT molecular complexity index is 1250. The molecule has 2 heterocycles. The van der Waals surface area contributed by atoms with Crippen LogP contribution in [0.2, 0.25) is 0 Å².